The van der Waals surface area contributed by atoms with Gasteiger partial charge in [-0.05, 0) is 62.5 Å². The highest BCUT2D eigenvalue weighted by atomic mass is 16.2. The predicted molar refractivity (Wildman–Crippen MR) is 127 cm³/mol. The Hall–Kier alpha value is -3.37. The van der Waals surface area contributed by atoms with Crippen molar-refractivity contribution in [2.75, 3.05) is 27.2 Å². The van der Waals surface area contributed by atoms with Gasteiger partial charge in [-0.2, -0.15) is 0 Å². The van der Waals surface area contributed by atoms with Crippen LogP contribution in [0.3, 0.4) is 0 Å². The normalized spacial score (nSPS) is 16.4. The summed E-state index contributed by atoms with van der Waals surface area (Å²) in [4.78, 5) is 17.2. The summed E-state index contributed by atoms with van der Waals surface area (Å²) in [5.41, 5.74) is 5.29. The number of carbonyl (C=O) groups is 1. The van der Waals surface area contributed by atoms with Gasteiger partial charge in [0.1, 0.15) is 0 Å². The summed E-state index contributed by atoms with van der Waals surface area (Å²) in [5, 5.41) is 1.20. The fourth-order valence-electron chi connectivity index (χ4n) is 4.54. The average Bonchev–Trinajstić information content (AvgIpc) is 3.45. The second-order valence-corrected chi connectivity index (χ2v) is 8.49. The molecule has 156 valence electrons. The molecule has 2 heterocycles. The number of amides is 1. The molecule has 1 unspecified atom stereocenters. The Kier molecular flexibility index (Phi) is 5.08. The Bertz CT molecular complexity index is 1210. The molecule has 0 saturated carbocycles. The van der Waals surface area contributed by atoms with E-state index in [2.05, 4.69) is 90.3 Å². The molecule has 31 heavy (non-hydrogen) atoms. The number of hydrogen-bond donors (Lipinski definition) is 0. The molecule has 1 aliphatic rings. The number of aromatic nitrogens is 1. The van der Waals surface area contributed by atoms with E-state index in [9.17, 15) is 4.79 Å². The molecule has 0 bridgehead atoms. The van der Waals surface area contributed by atoms with Crippen LogP contribution >= 0.6 is 0 Å². The van der Waals surface area contributed by atoms with E-state index in [-0.39, 0.29) is 5.91 Å². The third kappa shape index (κ3) is 3.64. The lowest BCUT2D eigenvalue weighted by Crippen LogP contribution is -2.34. The van der Waals surface area contributed by atoms with Crippen LogP contribution in [0.15, 0.2) is 84.9 Å². The van der Waals surface area contributed by atoms with Crippen molar-refractivity contribution in [2.24, 2.45) is 0 Å². The molecular weight excluding hydrogens is 382 g/mol. The van der Waals surface area contributed by atoms with Crippen molar-refractivity contribution in [3.05, 3.63) is 90.5 Å². The monoisotopic (exact) mass is 409 g/mol. The minimum Gasteiger partial charge on any atom is -0.337 e. The van der Waals surface area contributed by atoms with Gasteiger partial charge in [-0.15, -0.1) is 0 Å². The van der Waals surface area contributed by atoms with Crippen molar-refractivity contribution in [2.45, 2.75) is 12.5 Å². The molecule has 1 saturated heterocycles. The van der Waals surface area contributed by atoms with Crippen LogP contribution in [-0.2, 0) is 0 Å². The SMILES string of the molecule is CN(C)C1CCN(C(=O)c2ccc(-n3c(-c4ccccc4)cc4ccccc43)cc2)C1. The third-order valence-electron chi connectivity index (χ3n) is 6.33. The smallest absolute Gasteiger partial charge is 0.253 e. The Morgan fingerprint density at radius 2 is 1.61 bits per heavy atom. The first-order valence-corrected chi connectivity index (χ1v) is 10.8. The Morgan fingerprint density at radius 1 is 0.903 bits per heavy atom. The van der Waals surface area contributed by atoms with E-state index < -0.39 is 0 Å². The van der Waals surface area contributed by atoms with Gasteiger partial charge in [0.2, 0.25) is 0 Å². The van der Waals surface area contributed by atoms with Crippen molar-refractivity contribution in [1.29, 1.82) is 0 Å². The Morgan fingerprint density at radius 3 is 2.32 bits per heavy atom. The zero-order valence-corrected chi connectivity index (χ0v) is 18.0. The molecule has 1 aromatic heterocycles. The van der Waals surface area contributed by atoms with Crippen LogP contribution < -0.4 is 0 Å². The lowest BCUT2D eigenvalue weighted by atomic mass is 10.1. The van der Waals surface area contributed by atoms with Gasteiger partial charge in [-0.3, -0.25) is 4.79 Å². The van der Waals surface area contributed by atoms with Crippen LogP contribution in [0.1, 0.15) is 16.8 Å². The lowest BCUT2D eigenvalue weighted by molar-refractivity contribution is 0.0783. The van der Waals surface area contributed by atoms with Crippen molar-refractivity contribution in [3.8, 4) is 16.9 Å². The second kappa shape index (κ2) is 8.05. The van der Waals surface area contributed by atoms with E-state index in [0.29, 0.717) is 6.04 Å². The third-order valence-corrected chi connectivity index (χ3v) is 6.33. The number of carbonyl (C=O) groups excluding carboxylic acids is 1. The van der Waals surface area contributed by atoms with Crippen molar-refractivity contribution in [1.82, 2.24) is 14.4 Å². The Labute approximate surface area is 183 Å². The maximum atomic E-state index is 13.0. The lowest BCUT2D eigenvalue weighted by Gasteiger charge is -2.20. The highest BCUT2D eigenvalue weighted by Crippen LogP contribution is 2.31. The summed E-state index contributed by atoms with van der Waals surface area (Å²) < 4.78 is 2.27. The van der Waals surface area contributed by atoms with Crippen LogP contribution in [0, 0.1) is 0 Å². The molecule has 4 aromatic rings. The molecule has 0 radical (unpaired) electrons. The molecule has 0 N–H and O–H groups in total. The van der Waals surface area contributed by atoms with Crippen LogP contribution in [0.5, 0.6) is 0 Å². The van der Waals surface area contributed by atoms with Gasteiger partial charge in [-0.25, -0.2) is 0 Å². The molecule has 0 aliphatic carbocycles. The zero-order valence-electron chi connectivity index (χ0n) is 18.0. The first-order chi connectivity index (χ1) is 15.1. The minimum atomic E-state index is 0.122. The number of para-hydroxylation sites is 1. The summed E-state index contributed by atoms with van der Waals surface area (Å²) in [6.45, 7) is 1.62. The van der Waals surface area contributed by atoms with Gasteiger partial charge in [0.25, 0.3) is 5.91 Å². The second-order valence-electron chi connectivity index (χ2n) is 8.49. The van der Waals surface area contributed by atoms with E-state index >= 15 is 0 Å². The first-order valence-electron chi connectivity index (χ1n) is 10.8. The number of fused-ring (bicyclic) bond motifs is 1. The number of hydrogen-bond acceptors (Lipinski definition) is 2. The highest BCUT2D eigenvalue weighted by molar-refractivity contribution is 5.95. The molecule has 0 spiro atoms. The number of likely N-dealkylation sites (N-methyl/N-ethyl adjacent to an activating group) is 1. The van der Waals surface area contributed by atoms with Gasteiger partial charge in [0, 0.05) is 35.8 Å². The van der Waals surface area contributed by atoms with E-state index in [4.69, 9.17) is 0 Å². The topological polar surface area (TPSA) is 28.5 Å². The van der Waals surface area contributed by atoms with Crippen molar-refractivity contribution >= 4 is 16.8 Å². The van der Waals surface area contributed by atoms with Crippen LogP contribution in [0.2, 0.25) is 0 Å². The molecule has 5 rings (SSSR count). The molecule has 3 aromatic carbocycles. The molecular formula is C27H27N3O. The Balaban J connectivity index is 1.50. The van der Waals surface area contributed by atoms with Gasteiger partial charge in [-0.1, -0.05) is 48.5 Å². The molecule has 1 amide bonds. The summed E-state index contributed by atoms with van der Waals surface area (Å²) in [6.07, 6.45) is 1.03. The van der Waals surface area contributed by atoms with Crippen LogP contribution in [-0.4, -0.2) is 53.5 Å². The average molecular weight is 410 g/mol. The van der Waals surface area contributed by atoms with Gasteiger partial charge in [0.15, 0.2) is 0 Å². The molecule has 1 atom stereocenters. The quantitative estimate of drug-likeness (QED) is 0.471. The van der Waals surface area contributed by atoms with Crippen LogP contribution in [0.4, 0.5) is 0 Å². The number of benzene rings is 3. The summed E-state index contributed by atoms with van der Waals surface area (Å²) in [7, 11) is 4.17. The summed E-state index contributed by atoms with van der Waals surface area (Å²) in [5.74, 6) is 0.122. The number of rotatable bonds is 4. The van der Waals surface area contributed by atoms with Crippen molar-refractivity contribution in [3.63, 3.8) is 0 Å². The van der Waals surface area contributed by atoms with E-state index in [1.807, 2.05) is 23.1 Å². The molecule has 1 aliphatic heterocycles. The number of likely N-dealkylation sites (tertiary alicyclic amines) is 1. The van der Waals surface area contributed by atoms with E-state index in [1.165, 1.54) is 10.9 Å². The maximum absolute atomic E-state index is 13.0. The fraction of sp³-hybridized carbons (Fsp3) is 0.222. The first kappa shape index (κ1) is 19.6. The largest absolute Gasteiger partial charge is 0.337 e. The molecule has 4 heteroatoms. The predicted octanol–water partition coefficient (Wildman–Crippen LogP) is 5.07. The summed E-state index contributed by atoms with van der Waals surface area (Å²) in [6, 6.07) is 29.6. The summed E-state index contributed by atoms with van der Waals surface area (Å²) >= 11 is 0. The fourth-order valence-corrected chi connectivity index (χ4v) is 4.54. The highest BCUT2D eigenvalue weighted by Gasteiger charge is 2.28. The van der Waals surface area contributed by atoms with Crippen molar-refractivity contribution < 1.29 is 4.79 Å². The number of nitrogens with zero attached hydrogens (tertiary/aromatic N) is 3. The minimum absolute atomic E-state index is 0.122. The standard InChI is InChI=1S/C27H27N3O/c1-28(2)24-16-17-29(19-24)27(31)21-12-14-23(15-13-21)30-25-11-7-6-10-22(25)18-26(30)20-8-4-3-5-9-20/h3-15,18,24H,16-17,19H2,1-2H3. The molecule has 1 fully saturated rings. The molecule has 4 nitrogen and oxygen atoms in total. The van der Waals surface area contributed by atoms with E-state index in [1.54, 1.807) is 0 Å². The van der Waals surface area contributed by atoms with Gasteiger partial charge < -0.3 is 14.4 Å². The van der Waals surface area contributed by atoms with Gasteiger partial charge in [0.05, 0.1) is 11.2 Å². The van der Waals surface area contributed by atoms with E-state index in [0.717, 1.165) is 42.0 Å². The van der Waals surface area contributed by atoms with Gasteiger partial charge >= 0.3 is 0 Å². The maximum Gasteiger partial charge on any atom is 0.253 e. The van der Waals surface area contributed by atoms with Crippen LogP contribution in [0.25, 0.3) is 27.8 Å². The zero-order chi connectivity index (χ0) is 21.4.